The Hall–Kier alpha value is -3.20. The molecule has 1 aliphatic rings. The number of amides is 2. The summed E-state index contributed by atoms with van der Waals surface area (Å²) in [7, 11) is 0. The third-order valence-electron chi connectivity index (χ3n) is 4.46. The first-order valence-corrected chi connectivity index (χ1v) is 9.35. The van der Waals surface area contributed by atoms with Crippen molar-refractivity contribution in [3.63, 3.8) is 0 Å². The lowest BCUT2D eigenvalue weighted by Crippen LogP contribution is -2.50. The maximum atomic E-state index is 13.4. The highest BCUT2D eigenvalue weighted by Crippen LogP contribution is 2.36. The van der Waals surface area contributed by atoms with Crippen molar-refractivity contribution in [2.75, 3.05) is 0 Å². The molecule has 1 aromatic heterocycles. The van der Waals surface area contributed by atoms with Crippen LogP contribution in [0.2, 0.25) is 0 Å². The fourth-order valence-electron chi connectivity index (χ4n) is 3.10. The minimum absolute atomic E-state index is 0.0130. The highest BCUT2D eigenvalue weighted by atomic mass is 16.2. The van der Waals surface area contributed by atoms with E-state index in [1.54, 1.807) is 47.6 Å². The number of rotatable bonds is 5. The lowest BCUT2D eigenvalue weighted by atomic mass is 10.0. The normalized spacial score (nSPS) is 14.6. The number of carbonyl (C=O) groups is 2. The van der Waals surface area contributed by atoms with Gasteiger partial charge in [-0.1, -0.05) is 6.07 Å². The average molecular weight is 376 g/mol. The summed E-state index contributed by atoms with van der Waals surface area (Å²) >= 11 is 0. The second-order valence-corrected chi connectivity index (χ2v) is 8.06. The molecule has 1 fully saturated rings. The summed E-state index contributed by atoms with van der Waals surface area (Å²) < 4.78 is 0. The summed E-state index contributed by atoms with van der Waals surface area (Å²) in [5, 5.41) is 12.0. The smallest absolute Gasteiger partial charge is 0.255 e. The Bertz CT molecular complexity index is 891. The van der Waals surface area contributed by atoms with Crippen LogP contribution in [-0.4, -0.2) is 33.3 Å². The van der Waals surface area contributed by atoms with Gasteiger partial charge in [0.1, 0.15) is 6.04 Å². The lowest BCUT2D eigenvalue weighted by molar-refractivity contribution is -0.127. The number of nitrogens with zero attached hydrogens (tertiary/aromatic N) is 3. The summed E-state index contributed by atoms with van der Waals surface area (Å²) in [5.41, 5.74) is 1.20. The molecule has 0 radical (unpaired) electrons. The Morgan fingerprint density at radius 3 is 2.39 bits per heavy atom. The maximum Gasteiger partial charge on any atom is 0.255 e. The molecule has 3 rings (SSSR count). The summed E-state index contributed by atoms with van der Waals surface area (Å²) in [4.78, 5) is 32.4. The van der Waals surface area contributed by atoms with E-state index in [4.69, 9.17) is 5.26 Å². The van der Waals surface area contributed by atoms with Crippen molar-refractivity contribution in [1.82, 2.24) is 15.2 Å². The van der Waals surface area contributed by atoms with Gasteiger partial charge >= 0.3 is 0 Å². The van der Waals surface area contributed by atoms with Gasteiger partial charge in [0.15, 0.2) is 0 Å². The quantitative estimate of drug-likeness (QED) is 0.868. The number of hydrogen-bond donors (Lipinski definition) is 1. The second-order valence-electron chi connectivity index (χ2n) is 8.06. The molecule has 1 N–H and O–H groups in total. The van der Waals surface area contributed by atoms with Gasteiger partial charge in [0.05, 0.1) is 11.6 Å². The molecule has 1 aliphatic carbocycles. The van der Waals surface area contributed by atoms with E-state index >= 15 is 0 Å². The lowest BCUT2D eigenvalue weighted by Gasteiger charge is -2.33. The molecule has 2 aromatic rings. The molecule has 0 aliphatic heterocycles. The van der Waals surface area contributed by atoms with Crippen LogP contribution in [0.25, 0.3) is 0 Å². The Morgan fingerprint density at radius 1 is 1.21 bits per heavy atom. The van der Waals surface area contributed by atoms with Crippen LogP contribution < -0.4 is 5.32 Å². The highest BCUT2D eigenvalue weighted by Gasteiger charge is 2.42. The van der Waals surface area contributed by atoms with Crippen LogP contribution >= 0.6 is 0 Å². The summed E-state index contributed by atoms with van der Waals surface area (Å²) in [6, 6.07) is 11.4. The van der Waals surface area contributed by atoms with E-state index in [-0.39, 0.29) is 17.9 Å². The zero-order valence-electron chi connectivity index (χ0n) is 16.3. The van der Waals surface area contributed by atoms with Crippen molar-refractivity contribution < 1.29 is 9.59 Å². The minimum Gasteiger partial charge on any atom is -0.349 e. The van der Waals surface area contributed by atoms with E-state index < -0.39 is 11.6 Å². The topological polar surface area (TPSA) is 86.1 Å². The number of hydrogen-bond acceptors (Lipinski definition) is 4. The van der Waals surface area contributed by atoms with E-state index in [1.165, 1.54) is 0 Å². The standard InChI is InChI=1S/C22H24N4O2/c1-22(2,3)25-20(27)19(17-5-4-12-24-14-17)26(18-10-11-18)21(28)16-8-6-15(13-23)7-9-16/h4-9,12,14,18-19H,10-11H2,1-3H3,(H,25,27). The summed E-state index contributed by atoms with van der Waals surface area (Å²) in [6.45, 7) is 5.74. The van der Waals surface area contributed by atoms with Crippen molar-refractivity contribution >= 4 is 11.8 Å². The van der Waals surface area contributed by atoms with Crippen molar-refractivity contribution in [2.24, 2.45) is 0 Å². The van der Waals surface area contributed by atoms with Crippen LogP contribution in [0.15, 0.2) is 48.8 Å². The number of pyridine rings is 1. The van der Waals surface area contributed by atoms with Crippen LogP contribution in [0.3, 0.4) is 0 Å². The van der Waals surface area contributed by atoms with Gasteiger partial charge in [-0.25, -0.2) is 0 Å². The second kappa shape index (κ2) is 7.81. The zero-order valence-corrected chi connectivity index (χ0v) is 16.3. The minimum atomic E-state index is -0.761. The van der Waals surface area contributed by atoms with E-state index in [9.17, 15) is 9.59 Å². The molecule has 0 bridgehead atoms. The molecule has 1 atom stereocenters. The van der Waals surface area contributed by atoms with E-state index in [1.807, 2.05) is 26.8 Å². The summed E-state index contributed by atoms with van der Waals surface area (Å²) in [5.74, 6) is -0.445. The van der Waals surface area contributed by atoms with Crippen molar-refractivity contribution in [3.8, 4) is 6.07 Å². The van der Waals surface area contributed by atoms with Gasteiger partial charge < -0.3 is 10.2 Å². The molecular weight excluding hydrogens is 352 g/mol. The fraction of sp³-hybridized carbons (Fsp3) is 0.364. The van der Waals surface area contributed by atoms with E-state index in [0.29, 0.717) is 16.7 Å². The molecule has 0 spiro atoms. The molecule has 6 heteroatoms. The van der Waals surface area contributed by atoms with Crippen molar-refractivity contribution in [3.05, 3.63) is 65.5 Å². The number of nitrogens with one attached hydrogen (secondary N) is 1. The molecule has 1 aromatic carbocycles. The van der Waals surface area contributed by atoms with Crippen LogP contribution in [0.1, 0.15) is 61.1 Å². The van der Waals surface area contributed by atoms with Crippen molar-refractivity contribution in [2.45, 2.75) is 51.2 Å². The SMILES string of the molecule is CC(C)(C)NC(=O)C(c1cccnc1)N(C(=O)c1ccc(C#N)cc1)C1CC1. The average Bonchev–Trinajstić information content (AvgIpc) is 3.49. The molecule has 1 heterocycles. The van der Waals surface area contributed by atoms with Gasteiger partial charge in [0, 0.05) is 35.1 Å². The number of benzene rings is 1. The maximum absolute atomic E-state index is 13.4. The predicted molar refractivity (Wildman–Crippen MR) is 105 cm³/mol. The number of nitriles is 1. The van der Waals surface area contributed by atoms with Crippen LogP contribution in [-0.2, 0) is 4.79 Å². The first-order valence-electron chi connectivity index (χ1n) is 9.35. The molecule has 1 unspecified atom stereocenters. The Morgan fingerprint density at radius 2 is 1.89 bits per heavy atom. The number of aromatic nitrogens is 1. The predicted octanol–water partition coefficient (Wildman–Crippen LogP) is 3.21. The van der Waals surface area contributed by atoms with Gasteiger partial charge in [-0.15, -0.1) is 0 Å². The van der Waals surface area contributed by atoms with Gasteiger partial charge in [0.25, 0.3) is 5.91 Å². The molecular formula is C22H24N4O2. The number of carbonyl (C=O) groups excluding carboxylic acids is 2. The van der Waals surface area contributed by atoms with Gasteiger partial charge in [0.2, 0.25) is 5.91 Å². The zero-order chi connectivity index (χ0) is 20.3. The Balaban J connectivity index is 2.00. The largest absolute Gasteiger partial charge is 0.349 e. The summed E-state index contributed by atoms with van der Waals surface area (Å²) in [6.07, 6.45) is 5.00. The molecule has 1 saturated carbocycles. The Labute approximate surface area is 165 Å². The first-order chi connectivity index (χ1) is 13.3. The molecule has 28 heavy (non-hydrogen) atoms. The molecule has 6 nitrogen and oxygen atoms in total. The van der Waals surface area contributed by atoms with Gasteiger partial charge in [-0.3, -0.25) is 14.6 Å². The molecule has 2 amide bonds. The van der Waals surface area contributed by atoms with E-state index in [0.717, 1.165) is 12.8 Å². The monoisotopic (exact) mass is 376 g/mol. The first kappa shape index (κ1) is 19.6. The highest BCUT2D eigenvalue weighted by molar-refractivity contribution is 5.98. The van der Waals surface area contributed by atoms with Crippen LogP contribution in [0.4, 0.5) is 0 Å². The van der Waals surface area contributed by atoms with Gasteiger partial charge in [-0.05, 0) is 63.9 Å². The van der Waals surface area contributed by atoms with E-state index in [2.05, 4.69) is 16.4 Å². The fourth-order valence-corrected chi connectivity index (χ4v) is 3.10. The van der Waals surface area contributed by atoms with Gasteiger partial charge in [-0.2, -0.15) is 5.26 Å². The third-order valence-corrected chi connectivity index (χ3v) is 4.46. The third kappa shape index (κ3) is 4.55. The van der Waals surface area contributed by atoms with Crippen molar-refractivity contribution in [1.29, 1.82) is 5.26 Å². The Kier molecular flexibility index (Phi) is 5.46. The van der Waals surface area contributed by atoms with Crippen LogP contribution in [0.5, 0.6) is 0 Å². The van der Waals surface area contributed by atoms with Crippen LogP contribution in [0, 0.1) is 11.3 Å². The molecule has 0 saturated heterocycles. The molecule has 144 valence electrons.